The first-order valence-corrected chi connectivity index (χ1v) is 9.76. The van der Waals surface area contributed by atoms with Crippen LogP contribution >= 0.6 is 0 Å². The number of nitrogens with zero attached hydrogens (tertiary/aromatic N) is 1. The Bertz CT molecular complexity index is 836. The molecule has 1 atom stereocenters. The molecule has 1 saturated heterocycles. The number of benzene rings is 1. The van der Waals surface area contributed by atoms with Crippen LogP contribution in [0.5, 0.6) is 0 Å². The Morgan fingerprint density at radius 3 is 2.72 bits per heavy atom. The van der Waals surface area contributed by atoms with Gasteiger partial charge in [-0.1, -0.05) is 12.1 Å². The molecule has 0 spiro atoms. The molecule has 1 aromatic carbocycles. The van der Waals surface area contributed by atoms with Gasteiger partial charge in [0.1, 0.15) is 11.6 Å². The van der Waals surface area contributed by atoms with Crippen LogP contribution in [0, 0.1) is 5.82 Å². The second-order valence-corrected chi connectivity index (χ2v) is 8.30. The number of furan rings is 1. The average molecular weight is 366 g/mol. The molecule has 2 aromatic rings. The smallest absolute Gasteiger partial charge is 0.238 e. The van der Waals surface area contributed by atoms with Crippen molar-refractivity contribution in [2.24, 2.45) is 0 Å². The standard InChI is InChI=1S/C17H19FN2O4S/c18-15-5-1-2-6-16(15)19-17(21)11-20(10-14-4-3-8-24-14)13-7-9-25(22,23)12-13/h1-6,8,13H,7,9-12H2,(H,19,21). The lowest BCUT2D eigenvalue weighted by atomic mass is 10.2. The van der Waals surface area contributed by atoms with Crippen molar-refractivity contribution in [1.82, 2.24) is 4.90 Å². The molecule has 0 aliphatic carbocycles. The van der Waals surface area contributed by atoms with Gasteiger partial charge < -0.3 is 9.73 Å². The fourth-order valence-corrected chi connectivity index (χ4v) is 4.68. The number of halogens is 1. The normalized spacial score (nSPS) is 19.2. The first-order valence-electron chi connectivity index (χ1n) is 7.94. The molecule has 1 aromatic heterocycles. The quantitative estimate of drug-likeness (QED) is 0.846. The highest BCUT2D eigenvalue weighted by molar-refractivity contribution is 7.91. The second-order valence-electron chi connectivity index (χ2n) is 6.07. The topological polar surface area (TPSA) is 79.6 Å². The van der Waals surface area contributed by atoms with Crippen molar-refractivity contribution in [2.45, 2.75) is 19.0 Å². The Kier molecular flexibility index (Phi) is 5.19. The number of nitrogens with one attached hydrogen (secondary N) is 1. The van der Waals surface area contributed by atoms with Crippen LogP contribution in [0.25, 0.3) is 0 Å². The van der Waals surface area contributed by atoms with E-state index in [4.69, 9.17) is 4.42 Å². The molecule has 3 rings (SSSR count). The molecule has 1 N–H and O–H groups in total. The zero-order chi connectivity index (χ0) is 17.9. The highest BCUT2D eigenvalue weighted by Crippen LogP contribution is 2.20. The van der Waals surface area contributed by atoms with Gasteiger partial charge in [-0.3, -0.25) is 9.69 Å². The minimum atomic E-state index is -3.08. The number of sulfone groups is 1. The molecule has 6 nitrogen and oxygen atoms in total. The minimum Gasteiger partial charge on any atom is -0.468 e. The third-order valence-electron chi connectivity index (χ3n) is 4.16. The molecule has 1 unspecified atom stereocenters. The van der Waals surface area contributed by atoms with E-state index in [2.05, 4.69) is 5.32 Å². The molecule has 8 heteroatoms. The number of hydrogen-bond donors (Lipinski definition) is 1. The van der Waals surface area contributed by atoms with Gasteiger partial charge in [-0.05, 0) is 30.7 Å². The predicted octanol–water partition coefficient (Wildman–Crippen LogP) is 2.05. The van der Waals surface area contributed by atoms with Gasteiger partial charge >= 0.3 is 0 Å². The molecule has 0 saturated carbocycles. The zero-order valence-electron chi connectivity index (χ0n) is 13.5. The van der Waals surface area contributed by atoms with Gasteiger partial charge in [0, 0.05) is 6.04 Å². The summed E-state index contributed by atoms with van der Waals surface area (Å²) < 4.78 is 42.5. The lowest BCUT2D eigenvalue weighted by molar-refractivity contribution is -0.118. The molecule has 1 aliphatic rings. The van der Waals surface area contributed by atoms with Gasteiger partial charge in [0.15, 0.2) is 9.84 Å². The Hall–Kier alpha value is -2.19. The number of para-hydroxylation sites is 1. The van der Waals surface area contributed by atoms with E-state index < -0.39 is 21.6 Å². The van der Waals surface area contributed by atoms with Crippen molar-refractivity contribution in [3.05, 3.63) is 54.2 Å². The van der Waals surface area contributed by atoms with Crippen molar-refractivity contribution >= 4 is 21.4 Å². The van der Waals surface area contributed by atoms with E-state index in [9.17, 15) is 17.6 Å². The van der Waals surface area contributed by atoms with E-state index in [1.54, 1.807) is 23.1 Å². The second kappa shape index (κ2) is 7.37. The van der Waals surface area contributed by atoms with E-state index in [0.29, 0.717) is 18.7 Å². The van der Waals surface area contributed by atoms with Gasteiger partial charge in [0.25, 0.3) is 0 Å². The number of carbonyl (C=O) groups excluding carboxylic acids is 1. The molecule has 2 heterocycles. The number of rotatable bonds is 6. The van der Waals surface area contributed by atoms with E-state index in [0.717, 1.165) is 0 Å². The fraction of sp³-hybridized carbons (Fsp3) is 0.353. The van der Waals surface area contributed by atoms with E-state index in [1.807, 2.05) is 0 Å². The van der Waals surface area contributed by atoms with Crippen molar-refractivity contribution < 1.29 is 22.0 Å². The summed E-state index contributed by atoms with van der Waals surface area (Å²) in [6.45, 7) is 0.271. The summed E-state index contributed by atoms with van der Waals surface area (Å²) in [4.78, 5) is 14.1. The highest BCUT2D eigenvalue weighted by atomic mass is 32.2. The number of amides is 1. The van der Waals surface area contributed by atoms with Crippen molar-refractivity contribution in [1.29, 1.82) is 0 Å². The van der Waals surface area contributed by atoms with E-state index >= 15 is 0 Å². The average Bonchev–Trinajstić information content (AvgIpc) is 3.18. The van der Waals surface area contributed by atoms with Crippen LogP contribution in [0.1, 0.15) is 12.2 Å². The summed E-state index contributed by atoms with van der Waals surface area (Å²) in [6.07, 6.45) is 1.99. The number of carbonyl (C=O) groups is 1. The molecule has 1 amide bonds. The summed E-state index contributed by atoms with van der Waals surface area (Å²) in [5, 5.41) is 2.53. The third kappa shape index (κ3) is 4.67. The largest absolute Gasteiger partial charge is 0.468 e. The fourth-order valence-electron chi connectivity index (χ4n) is 2.92. The summed E-state index contributed by atoms with van der Waals surface area (Å²) >= 11 is 0. The van der Waals surface area contributed by atoms with Crippen molar-refractivity contribution in [3.8, 4) is 0 Å². The summed E-state index contributed by atoms with van der Waals surface area (Å²) in [5.41, 5.74) is 0.101. The molecule has 1 fully saturated rings. The van der Waals surface area contributed by atoms with Gasteiger partial charge in [0.05, 0.1) is 36.5 Å². The Morgan fingerprint density at radius 2 is 2.08 bits per heavy atom. The molecular weight excluding hydrogens is 347 g/mol. The predicted molar refractivity (Wildman–Crippen MR) is 91.2 cm³/mol. The van der Waals surface area contributed by atoms with Gasteiger partial charge in [-0.25, -0.2) is 12.8 Å². The van der Waals surface area contributed by atoms with Crippen LogP contribution in [0.4, 0.5) is 10.1 Å². The SMILES string of the molecule is O=C(CN(Cc1ccco1)C1CCS(=O)(=O)C1)Nc1ccccc1F. The molecule has 1 aliphatic heterocycles. The van der Waals surface area contributed by atoms with Crippen LogP contribution in [-0.4, -0.2) is 43.3 Å². The Balaban J connectivity index is 1.70. The maximum atomic E-state index is 13.7. The van der Waals surface area contributed by atoms with Gasteiger partial charge in [0.2, 0.25) is 5.91 Å². The minimum absolute atomic E-state index is 0.0146. The molecule has 0 radical (unpaired) electrons. The molecule has 0 bridgehead atoms. The monoisotopic (exact) mass is 366 g/mol. The third-order valence-corrected chi connectivity index (χ3v) is 5.91. The highest BCUT2D eigenvalue weighted by Gasteiger charge is 2.33. The van der Waals surface area contributed by atoms with Crippen LogP contribution in [0.3, 0.4) is 0 Å². The summed E-state index contributed by atoms with van der Waals surface area (Å²) in [6, 6.07) is 9.15. The van der Waals surface area contributed by atoms with Crippen LogP contribution in [0.2, 0.25) is 0 Å². The van der Waals surface area contributed by atoms with Crippen LogP contribution in [-0.2, 0) is 21.2 Å². The van der Waals surface area contributed by atoms with Gasteiger partial charge in [-0.2, -0.15) is 0 Å². The van der Waals surface area contributed by atoms with E-state index in [-0.39, 0.29) is 29.8 Å². The van der Waals surface area contributed by atoms with Gasteiger partial charge in [-0.15, -0.1) is 0 Å². The molecule has 134 valence electrons. The summed E-state index contributed by atoms with van der Waals surface area (Å²) in [7, 11) is -3.08. The molecular formula is C17H19FN2O4S. The number of anilines is 1. The maximum absolute atomic E-state index is 13.7. The van der Waals surface area contributed by atoms with Crippen LogP contribution in [0.15, 0.2) is 47.1 Å². The summed E-state index contributed by atoms with van der Waals surface area (Å²) in [5.74, 6) is -0.150. The van der Waals surface area contributed by atoms with E-state index in [1.165, 1.54) is 24.5 Å². The Labute approximate surface area is 145 Å². The Morgan fingerprint density at radius 1 is 1.28 bits per heavy atom. The lowest BCUT2D eigenvalue weighted by Crippen LogP contribution is -2.41. The molecule has 25 heavy (non-hydrogen) atoms. The first-order chi connectivity index (χ1) is 11.9. The lowest BCUT2D eigenvalue weighted by Gasteiger charge is -2.26. The first kappa shape index (κ1) is 17.6. The maximum Gasteiger partial charge on any atom is 0.238 e. The van der Waals surface area contributed by atoms with Crippen molar-refractivity contribution in [3.63, 3.8) is 0 Å². The number of hydrogen-bond acceptors (Lipinski definition) is 5. The zero-order valence-corrected chi connectivity index (χ0v) is 14.3. The van der Waals surface area contributed by atoms with Crippen LogP contribution < -0.4 is 5.32 Å². The van der Waals surface area contributed by atoms with Crippen molar-refractivity contribution in [2.75, 3.05) is 23.4 Å².